The van der Waals surface area contributed by atoms with Crippen molar-refractivity contribution in [1.82, 2.24) is 4.90 Å². The zero-order valence-electron chi connectivity index (χ0n) is 10.3. The number of nitrogens with zero attached hydrogens (tertiary/aromatic N) is 1. The van der Waals surface area contributed by atoms with E-state index in [4.69, 9.17) is 5.73 Å². The number of benzene rings is 1. The lowest BCUT2D eigenvalue weighted by atomic mass is 10.1. The number of thiophene rings is 1. The first-order valence-corrected chi connectivity index (χ1v) is 7.61. The SMILES string of the molecule is CN(Cc1ccsc1)C(CN)c1cccc(Br)c1. The van der Waals surface area contributed by atoms with Crippen LogP contribution in [0.3, 0.4) is 0 Å². The van der Waals surface area contributed by atoms with Crippen LogP contribution in [0.4, 0.5) is 0 Å². The van der Waals surface area contributed by atoms with Crippen molar-refractivity contribution in [3.63, 3.8) is 0 Å². The molecule has 96 valence electrons. The molecule has 2 nitrogen and oxygen atoms in total. The maximum Gasteiger partial charge on any atom is 0.0471 e. The lowest BCUT2D eigenvalue weighted by Crippen LogP contribution is -2.30. The van der Waals surface area contributed by atoms with Crippen LogP contribution in [0.15, 0.2) is 45.6 Å². The van der Waals surface area contributed by atoms with E-state index in [2.05, 4.69) is 62.9 Å². The van der Waals surface area contributed by atoms with Crippen molar-refractivity contribution >= 4 is 27.3 Å². The molecule has 2 aromatic rings. The van der Waals surface area contributed by atoms with Crippen LogP contribution in [0.25, 0.3) is 0 Å². The van der Waals surface area contributed by atoms with E-state index in [1.165, 1.54) is 11.1 Å². The van der Waals surface area contributed by atoms with Gasteiger partial charge in [0.25, 0.3) is 0 Å². The van der Waals surface area contributed by atoms with Crippen molar-refractivity contribution in [2.75, 3.05) is 13.6 Å². The van der Waals surface area contributed by atoms with E-state index < -0.39 is 0 Å². The molecule has 0 fully saturated rings. The van der Waals surface area contributed by atoms with Crippen molar-refractivity contribution in [2.45, 2.75) is 12.6 Å². The fraction of sp³-hybridized carbons (Fsp3) is 0.286. The molecule has 0 aliphatic rings. The number of halogens is 1. The maximum atomic E-state index is 5.93. The zero-order valence-corrected chi connectivity index (χ0v) is 12.7. The molecule has 4 heteroatoms. The van der Waals surface area contributed by atoms with Gasteiger partial charge in [-0.05, 0) is 47.1 Å². The molecule has 0 radical (unpaired) electrons. The van der Waals surface area contributed by atoms with Gasteiger partial charge in [-0.1, -0.05) is 28.1 Å². The predicted molar refractivity (Wildman–Crippen MR) is 81.7 cm³/mol. The topological polar surface area (TPSA) is 29.3 Å². The quantitative estimate of drug-likeness (QED) is 0.909. The molecule has 0 spiro atoms. The zero-order chi connectivity index (χ0) is 13.0. The van der Waals surface area contributed by atoms with E-state index >= 15 is 0 Å². The van der Waals surface area contributed by atoms with Crippen LogP contribution in [0.1, 0.15) is 17.2 Å². The fourth-order valence-corrected chi connectivity index (χ4v) is 3.14. The third-order valence-electron chi connectivity index (χ3n) is 3.00. The van der Waals surface area contributed by atoms with E-state index in [0.717, 1.165) is 11.0 Å². The highest BCUT2D eigenvalue weighted by Gasteiger charge is 2.15. The largest absolute Gasteiger partial charge is 0.329 e. The second-order valence-electron chi connectivity index (χ2n) is 4.35. The molecule has 1 heterocycles. The number of likely N-dealkylation sites (N-methyl/N-ethyl adjacent to an activating group) is 1. The van der Waals surface area contributed by atoms with E-state index in [1.807, 2.05) is 6.07 Å². The lowest BCUT2D eigenvalue weighted by Gasteiger charge is -2.27. The molecule has 0 amide bonds. The molecule has 0 saturated carbocycles. The Morgan fingerprint density at radius 3 is 2.83 bits per heavy atom. The van der Waals surface area contributed by atoms with Gasteiger partial charge >= 0.3 is 0 Å². The Kier molecular flexibility index (Phi) is 4.95. The Bertz CT molecular complexity index is 484. The molecule has 1 aromatic heterocycles. The highest BCUT2D eigenvalue weighted by molar-refractivity contribution is 9.10. The number of rotatable bonds is 5. The van der Waals surface area contributed by atoms with Gasteiger partial charge < -0.3 is 5.73 Å². The second kappa shape index (κ2) is 6.48. The molecule has 0 bridgehead atoms. The Balaban J connectivity index is 2.12. The van der Waals surface area contributed by atoms with E-state index in [9.17, 15) is 0 Å². The maximum absolute atomic E-state index is 5.93. The highest BCUT2D eigenvalue weighted by atomic mass is 79.9. The Labute approximate surface area is 121 Å². The molecule has 0 aliphatic carbocycles. The molecule has 0 aliphatic heterocycles. The van der Waals surface area contributed by atoms with Crippen molar-refractivity contribution in [1.29, 1.82) is 0 Å². The monoisotopic (exact) mass is 324 g/mol. The first kappa shape index (κ1) is 13.7. The summed E-state index contributed by atoms with van der Waals surface area (Å²) >= 11 is 5.25. The van der Waals surface area contributed by atoms with Gasteiger partial charge in [0.05, 0.1) is 0 Å². The number of hydrogen-bond acceptors (Lipinski definition) is 3. The summed E-state index contributed by atoms with van der Waals surface area (Å²) in [6.45, 7) is 1.55. The van der Waals surface area contributed by atoms with Crippen LogP contribution >= 0.6 is 27.3 Å². The van der Waals surface area contributed by atoms with Crippen molar-refractivity contribution in [2.24, 2.45) is 5.73 Å². The van der Waals surface area contributed by atoms with Gasteiger partial charge in [0.1, 0.15) is 0 Å². The first-order chi connectivity index (χ1) is 8.70. The summed E-state index contributed by atoms with van der Waals surface area (Å²) in [5, 5.41) is 4.30. The minimum atomic E-state index is 0.252. The van der Waals surface area contributed by atoms with Gasteiger partial charge in [0.15, 0.2) is 0 Å². The summed E-state index contributed by atoms with van der Waals surface area (Å²) in [6.07, 6.45) is 0. The van der Waals surface area contributed by atoms with Crippen LogP contribution in [-0.4, -0.2) is 18.5 Å². The van der Waals surface area contributed by atoms with Crippen LogP contribution < -0.4 is 5.73 Å². The second-order valence-corrected chi connectivity index (χ2v) is 6.05. The molecule has 2 N–H and O–H groups in total. The predicted octanol–water partition coefficient (Wildman–Crippen LogP) is 3.64. The van der Waals surface area contributed by atoms with E-state index in [1.54, 1.807) is 11.3 Å². The molecule has 18 heavy (non-hydrogen) atoms. The average Bonchev–Trinajstić information content (AvgIpc) is 2.83. The van der Waals surface area contributed by atoms with Gasteiger partial charge in [0.2, 0.25) is 0 Å². The van der Waals surface area contributed by atoms with Gasteiger partial charge in [-0.2, -0.15) is 11.3 Å². The van der Waals surface area contributed by atoms with E-state index in [-0.39, 0.29) is 6.04 Å². The first-order valence-electron chi connectivity index (χ1n) is 5.87. The molecule has 2 rings (SSSR count). The molecular formula is C14H17BrN2S. The summed E-state index contributed by atoms with van der Waals surface area (Å²) < 4.78 is 1.10. The van der Waals surface area contributed by atoms with E-state index in [0.29, 0.717) is 6.54 Å². The number of hydrogen-bond donors (Lipinski definition) is 1. The van der Waals surface area contributed by atoms with Crippen molar-refractivity contribution in [3.8, 4) is 0 Å². The van der Waals surface area contributed by atoms with Gasteiger partial charge in [-0.3, -0.25) is 4.90 Å². The van der Waals surface area contributed by atoms with Crippen LogP contribution in [-0.2, 0) is 6.54 Å². The summed E-state index contributed by atoms with van der Waals surface area (Å²) in [5.74, 6) is 0. The summed E-state index contributed by atoms with van der Waals surface area (Å²) in [4.78, 5) is 2.30. The minimum Gasteiger partial charge on any atom is -0.329 e. The lowest BCUT2D eigenvalue weighted by molar-refractivity contribution is 0.242. The molecule has 0 saturated heterocycles. The summed E-state index contributed by atoms with van der Waals surface area (Å²) in [7, 11) is 2.12. The third-order valence-corrected chi connectivity index (χ3v) is 4.23. The third kappa shape index (κ3) is 3.42. The van der Waals surface area contributed by atoms with Crippen LogP contribution in [0.2, 0.25) is 0 Å². The standard InChI is InChI=1S/C14H17BrN2S/c1-17(9-11-5-6-18-10-11)14(8-16)12-3-2-4-13(15)7-12/h2-7,10,14H,8-9,16H2,1H3. The fourth-order valence-electron chi connectivity index (χ4n) is 2.07. The van der Waals surface area contributed by atoms with Crippen LogP contribution in [0, 0.1) is 0 Å². The Morgan fingerprint density at radius 2 is 2.22 bits per heavy atom. The van der Waals surface area contributed by atoms with Gasteiger partial charge in [-0.15, -0.1) is 0 Å². The van der Waals surface area contributed by atoms with Crippen molar-refractivity contribution in [3.05, 3.63) is 56.7 Å². The number of nitrogens with two attached hydrogens (primary N) is 1. The molecule has 1 unspecified atom stereocenters. The smallest absolute Gasteiger partial charge is 0.0471 e. The minimum absolute atomic E-state index is 0.252. The Morgan fingerprint density at radius 1 is 1.39 bits per heavy atom. The normalized spacial score (nSPS) is 12.9. The average molecular weight is 325 g/mol. The van der Waals surface area contributed by atoms with Crippen molar-refractivity contribution < 1.29 is 0 Å². The summed E-state index contributed by atoms with van der Waals surface area (Å²) in [5.41, 5.74) is 8.53. The molecular weight excluding hydrogens is 308 g/mol. The summed E-state index contributed by atoms with van der Waals surface area (Å²) in [6, 6.07) is 10.8. The Hall–Kier alpha value is -0.680. The molecule has 1 atom stereocenters. The highest BCUT2D eigenvalue weighted by Crippen LogP contribution is 2.23. The van der Waals surface area contributed by atoms with Crippen LogP contribution in [0.5, 0.6) is 0 Å². The van der Waals surface area contributed by atoms with Gasteiger partial charge in [0, 0.05) is 23.6 Å². The molecule has 1 aromatic carbocycles. The van der Waals surface area contributed by atoms with Gasteiger partial charge in [-0.25, -0.2) is 0 Å².